The lowest BCUT2D eigenvalue weighted by molar-refractivity contribution is -0.124. The Kier molecular flexibility index (Phi) is 3.44. The standard InChI is InChI=1S/C13H19NO2/c1-2-6-13(7-4-8-14-13)12(15)10-11-5-3-9-16-11/h3,5,9,14H,2,4,6-8,10H2,1H3. The fourth-order valence-electron chi connectivity index (χ4n) is 2.56. The Balaban J connectivity index is 2.05. The number of ketones is 1. The molecule has 1 atom stereocenters. The number of nitrogens with one attached hydrogen (secondary N) is 1. The summed E-state index contributed by atoms with van der Waals surface area (Å²) < 4.78 is 5.24. The molecule has 1 aliphatic rings. The number of rotatable bonds is 5. The molecule has 0 aliphatic carbocycles. The van der Waals surface area contributed by atoms with Crippen LogP contribution < -0.4 is 5.32 Å². The normalized spacial score (nSPS) is 24.8. The molecule has 1 aromatic rings. The van der Waals surface area contributed by atoms with Crippen molar-refractivity contribution in [3.63, 3.8) is 0 Å². The van der Waals surface area contributed by atoms with Crippen LogP contribution in [0.25, 0.3) is 0 Å². The lowest BCUT2D eigenvalue weighted by Gasteiger charge is -2.27. The maximum Gasteiger partial charge on any atom is 0.160 e. The van der Waals surface area contributed by atoms with E-state index in [1.807, 2.05) is 12.1 Å². The minimum absolute atomic E-state index is 0.276. The maximum absolute atomic E-state index is 12.3. The first-order valence-corrected chi connectivity index (χ1v) is 6.07. The summed E-state index contributed by atoms with van der Waals surface area (Å²) in [7, 11) is 0. The van der Waals surface area contributed by atoms with E-state index in [2.05, 4.69) is 12.2 Å². The van der Waals surface area contributed by atoms with Gasteiger partial charge in [0.1, 0.15) is 5.76 Å². The van der Waals surface area contributed by atoms with E-state index in [4.69, 9.17) is 4.42 Å². The number of hydrogen-bond donors (Lipinski definition) is 1. The van der Waals surface area contributed by atoms with Gasteiger partial charge in [-0.1, -0.05) is 13.3 Å². The van der Waals surface area contributed by atoms with Crippen molar-refractivity contribution in [2.45, 2.75) is 44.6 Å². The van der Waals surface area contributed by atoms with Crippen LogP contribution in [0.2, 0.25) is 0 Å². The summed E-state index contributed by atoms with van der Waals surface area (Å²) in [6, 6.07) is 3.70. The molecular weight excluding hydrogens is 202 g/mol. The van der Waals surface area contributed by atoms with Gasteiger partial charge in [-0.2, -0.15) is 0 Å². The molecule has 0 amide bonds. The van der Waals surface area contributed by atoms with Crippen molar-refractivity contribution < 1.29 is 9.21 Å². The van der Waals surface area contributed by atoms with Crippen LogP contribution in [0.3, 0.4) is 0 Å². The second-order valence-electron chi connectivity index (χ2n) is 4.54. The average Bonchev–Trinajstić information content (AvgIpc) is 2.89. The van der Waals surface area contributed by atoms with Crippen LogP contribution in [-0.2, 0) is 11.2 Å². The molecule has 0 aromatic carbocycles. The monoisotopic (exact) mass is 221 g/mol. The quantitative estimate of drug-likeness (QED) is 0.829. The summed E-state index contributed by atoms with van der Waals surface area (Å²) in [6.07, 6.45) is 6.09. The number of furan rings is 1. The molecular formula is C13H19NO2. The van der Waals surface area contributed by atoms with Crippen molar-refractivity contribution in [3.8, 4) is 0 Å². The minimum Gasteiger partial charge on any atom is -0.469 e. The van der Waals surface area contributed by atoms with Gasteiger partial charge in [-0.3, -0.25) is 4.79 Å². The van der Waals surface area contributed by atoms with E-state index in [-0.39, 0.29) is 11.3 Å². The average molecular weight is 221 g/mol. The van der Waals surface area contributed by atoms with E-state index in [1.165, 1.54) is 0 Å². The molecule has 1 aromatic heterocycles. The maximum atomic E-state index is 12.3. The summed E-state index contributed by atoms with van der Waals surface area (Å²) in [5.41, 5.74) is -0.276. The molecule has 3 heteroatoms. The summed E-state index contributed by atoms with van der Waals surface area (Å²) in [6.45, 7) is 3.09. The van der Waals surface area contributed by atoms with Crippen LogP contribution >= 0.6 is 0 Å². The van der Waals surface area contributed by atoms with Crippen molar-refractivity contribution in [1.82, 2.24) is 5.32 Å². The first-order valence-electron chi connectivity index (χ1n) is 6.07. The highest BCUT2D eigenvalue weighted by atomic mass is 16.3. The van der Waals surface area contributed by atoms with Gasteiger partial charge in [-0.15, -0.1) is 0 Å². The van der Waals surface area contributed by atoms with Gasteiger partial charge >= 0.3 is 0 Å². The lowest BCUT2D eigenvalue weighted by atomic mass is 9.85. The minimum atomic E-state index is -0.276. The molecule has 0 spiro atoms. The van der Waals surface area contributed by atoms with Gasteiger partial charge < -0.3 is 9.73 Å². The highest BCUT2D eigenvalue weighted by Gasteiger charge is 2.39. The van der Waals surface area contributed by atoms with Crippen molar-refractivity contribution in [2.24, 2.45) is 0 Å². The summed E-state index contributed by atoms with van der Waals surface area (Å²) in [4.78, 5) is 12.3. The molecule has 88 valence electrons. The highest BCUT2D eigenvalue weighted by Crippen LogP contribution is 2.27. The van der Waals surface area contributed by atoms with Crippen LogP contribution in [0.5, 0.6) is 0 Å². The molecule has 1 unspecified atom stereocenters. The third-order valence-corrected chi connectivity index (χ3v) is 3.37. The molecule has 1 N–H and O–H groups in total. The molecule has 0 radical (unpaired) electrons. The second kappa shape index (κ2) is 4.83. The van der Waals surface area contributed by atoms with Crippen molar-refractivity contribution in [2.75, 3.05) is 6.54 Å². The van der Waals surface area contributed by atoms with Crippen LogP contribution in [0.1, 0.15) is 38.4 Å². The van der Waals surface area contributed by atoms with Gasteiger partial charge in [0.15, 0.2) is 5.78 Å². The van der Waals surface area contributed by atoms with Crippen LogP contribution in [0.4, 0.5) is 0 Å². The molecule has 1 aliphatic heterocycles. The van der Waals surface area contributed by atoms with Crippen LogP contribution in [0.15, 0.2) is 22.8 Å². The SMILES string of the molecule is CCCC1(C(=O)Cc2ccco2)CCCN1. The molecule has 0 saturated carbocycles. The molecule has 2 rings (SSSR count). The third-order valence-electron chi connectivity index (χ3n) is 3.37. The Hall–Kier alpha value is -1.09. The predicted octanol–water partition coefficient (Wildman–Crippen LogP) is 2.31. The van der Waals surface area contributed by atoms with E-state index in [0.29, 0.717) is 6.42 Å². The Morgan fingerprint density at radius 2 is 2.50 bits per heavy atom. The summed E-state index contributed by atoms with van der Waals surface area (Å²) in [5.74, 6) is 1.05. The first kappa shape index (κ1) is 11.4. The molecule has 3 nitrogen and oxygen atoms in total. The van der Waals surface area contributed by atoms with E-state index in [0.717, 1.165) is 38.0 Å². The topological polar surface area (TPSA) is 42.2 Å². The zero-order chi connectivity index (χ0) is 11.4. The summed E-state index contributed by atoms with van der Waals surface area (Å²) in [5, 5.41) is 3.39. The Labute approximate surface area is 96.2 Å². The van der Waals surface area contributed by atoms with Crippen molar-refractivity contribution in [1.29, 1.82) is 0 Å². The van der Waals surface area contributed by atoms with Crippen molar-refractivity contribution >= 4 is 5.78 Å². The Bertz CT molecular complexity index is 337. The van der Waals surface area contributed by atoms with Gasteiger partial charge in [0.2, 0.25) is 0 Å². The Morgan fingerprint density at radius 1 is 1.62 bits per heavy atom. The molecule has 1 saturated heterocycles. The first-order chi connectivity index (χ1) is 7.77. The van der Waals surface area contributed by atoms with Gasteiger partial charge in [-0.25, -0.2) is 0 Å². The number of carbonyl (C=O) groups is 1. The van der Waals surface area contributed by atoms with Gasteiger partial charge in [0, 0.05) is 0 Å². The van der Waals surface area contributed by atoms with Crippen LogP contribution in [-0.4, -0.2) is 17.9 Å². The van der Waals surface area contributed by atoms with Gasteiger partial charge in [0.05, 0.1) is 18.2 Å². The fourth-order valence-corrected chi connectivity index (χ4v) is 2.56. The molecule has 0 bridgehead atoms. The molecule has 16 heavy (non-hydrogen) atoms. The number of hydrogen-bond acceptors (Lipinski definition) is 3. The number of carbonyl (C=O) groups excluding carboxylic acids is 1. The van der Waals surface area contributed by atoms with E-state index < -0.39 is 0 Å². The van der Waals surface area contributed by atoms with Gasteiger partial charge in [-0.05, 0) is 37.9 Å². The van der Waals surface area contributed by atoms with E-state index >= 15 is 0 Å². The lowest BCUT2D eigenvalue weighted by Crippen LogP contribution is -2.48. The van der Waals surface area contributed by atoms with E-state index in [9.17, 15) is 4.79 Å². The third kappa shape index (κ3) is 2.19. The number of Topliss-reactive ketones (excluding diaryl/α,β-unsaturated/α-hetero) is 1. The largest absolute Gasteiger partial charge is 0.469 e. The molecule has 2 heterocycles. The predicted molar refractivity (Wildman–Crippen MR) is 62.3 cm³/mol. The fraction of sp³-hybridized carbons (Fsp3) is 0.615. The zero-order valence-electron chi connectivity index (χ0n) is 9.79. The second-order valence-corrected chi connectivity index (χ2v) is 4.54. The highest BCUT2D eigenvalue weighted by molar-refractivity contribution is 5.90. The van der Waals surface area contributed by atoms with E-state index in [1.54, 1.807) is 6.26 Å². The summed E-state index contributed by atoms with van der Waals surface area (Å²) >= 11 is 0. The van der Waals surface area contributed by atoms with Crippen LogP contribution in [0, 0.1) is 0 Å². The van der Waals surface area contributed by atoms with Gasteiger partial charge in [0.25, 0.3) is 0 Å². The Morgan fingerprint density at radius 3 is 3.06 bits per heavy atom. The zero-order valence-corrected chi connectivity index (χ0v) is 9.79. The molecule has 1 fully saturated rings. The van der Waals surface area contributed by atoms with Crippen molar-refractivity contribution in [3.05, 3.63) is 24.2 Å². The smallest absolute Gasteiger partial charge is 0.160 e.